The maximum absolute atomic E-state index is 12.6. The maximum Gasteiger partial charge on any atom is 0.416 e. The number of aromatic nitrogens is 2. The van der Waals surface area contributed by atoms with E-state index in [2.05, 4.69) is 20.6 Å². The summed E-state index contributed by atoms with van der Waals surface area (Å²) >= 11 is 0. The van der Waals surface area contributed by atoms with Crippen LogP contribution in [0.5, 0.6) is 0 Å². The molecule has 1 amide bonds. The van der Waals surface area contributed by atoms with Gasteiger partial charge in [0, 0.05) is 44.0 Å². The van der Waals surface area contributed by atoms with E-state index in [1.165, 1.54) is 12.1 Å². The Bertz CT molecular complexity index is 891. The highest BCUT2D eigenvalue weighted by atomic mass is 19.4. The number of carbonyl (C=O) groups excluding carboxylic acids is 1. The van der Waals surface area contributed by atoms with Gasteiger partial charge in [0.05, 0.1) is 5.56 Å². The summed E-state index contributed by atoms with van der Waals surface area (Å²) in [4.78, 5) is 23.1. The lowest BCUT2D eigenvalue weighted by Gasteiger charge is -2.29. The third kappa shape index (κ3) is 6.08. The molecule has 1 aliphatic rings. The van der Waals surface area contributed by atoms with Crippen molar-refractivity contribution in [3.05, 3.63) is 47.2 Å². The van der Waals surface area contributed by atoms with Gasteiger partial charge in [-0.05, 0) is 62.8 Å². The molecule has 0 atom stereocenters. The number of halogens is 3. The van der Waals surface area contributed by atoms with Gasteiger partial charge >= 0.3 is 6.18 Å². The fraction of sp³-hybridized carbons (Fsp3) is 0.500. The smallest absolute Gasteiger partial charge is 0.362 e. The Balaban J connectivity index is 1.45. The van der Waals surface area contributed by atoms with E-state index < -0.39 is 11.7 Å². The Morgan fingerprint density at radius 2 is 1.77 bits per heavy atom. The molecule has 2 N–H and O–H groups in total. The van der Waals surface area contributed by atoms with E-state index in [0.29, 0.717) is 18.4 Å². The maximum atomic E-state index is 12.6. The van der Waals surface area contributed by atoms with Crippen molar-refractivity contribution < 1.29 is 18.0 Å². The summed E-state index contributed by atoms with van der Waals surface area (Å²) < 4.78 is 37.9. The van der Waals surface area contributed by atoms with E-state index in [1.54, 1.807) is 0 Å². The number of benzene rings is 1. The summed E-state index contributed by atoms with van der Waals surface area (Å²) in [7, 11) is 3.90. The molecule has 0 radical (unpaired) electrons. The number of nitrogens with one attached hydrogen (secondary N) is 2. The van der Waals surface area contributed by atoms with Gasteiger partial charge in [-0.3, -0.25) is 4.79 Å². The molecule has 0 spiro atoms. The van der Waals surface area contributed by atoms with Crippen LogP contribution in [0.2, 0.25) is 0 Å². The van der Waals surface area contributed by atoms with E-state index in [9.17, 15) is 18.0 Å². The third-order valence-electron chi connectivity index (χ3n) is 5.57. The van der Waals surface area contributed by atoms with Crippen molar-refractivity contribution in [2.45, 2.75) is 44.8 Å². The molecule has 0 saturated heterocycles. The molecule has 1 saturated carbocycles. The van der Waals surface area contributed by atoms with Gasteiger partial charge in [-0.25, -0.2) is 4.98 Å². The Hall–Kier alpha value is -2.84. The predicted molar refractivity (Wildman–Crippen MR) is 114 cm³/mol. The lowest BCUT2D eigenvalue weighted by molar-refractivity contribution is -0.137. The second-order valence-electron chi connectivity index (χ2n) is 8.24. The number of hydrogen-bond acceptors (Lipinski definition) is 5. The van der Waals surface area contributed by atoms with Crippen molar-refractivity contribution in [1.29, 1.82) is 0 Å². The van der Waals surface area contributed by atoms with Gasteiger partial charge in [-0.15, -0.1) is 0 Å². The molecule has 1 fully saturated rings. The lowest BCUT2D eigenvalue weighted by atomic mass is 9.86. The molecule has 2 aromatic rings. The molecule has 0 unspecified atom stereocenters. The van der Waals surface area contributed by atoms with Crippen molar-refractivity contribution in [1.82, 2.24) is 15.3 Å². The molecule has 0 aliphatic heterocycles. The van der Waals surface area contributed by atoms with Crippen LogP contribution in [0.3, 0.4) is 0 Å². The molecule has 1 heterocycles. The van der Waals surface area contributed by atoms with Crippen molar-refractivity contribution in [3.8, 4) is 0 Å². The van der Waals surface area contributed by atoms with Crippen LogP contribution in [0.25, 0.3) is 0 Å². The Morgan fingerprint density at radius 3 is 2.35 bits per heavy atom. The Labute approximate surface area is 180 Å². The van der Waals surface area contributed by atoms with Gasteiger partial charge in [-0.1, -0.05) is 0 Å². The highest BCUT2D eigenvalue weighted by molar-refractivity contribution is 5.94. The number of nitrogens with zero attached hydrogens (tertiary/aromatic N) is 3. The van der Waals surface area contributed by atoms with Gasteiger partial charge in [0.15, 0.2) is 0 Å². The van der Waals surface area contributed by atoms with E-state index in [1.807, 2.05) is 32.1 Å². The molecule has 6 nitrogen and oxygen atoms in total. The summed E-state index contributed by atoms with van der Waals surface area (Å²) in [6.07, 6.45) is 1.17. The number of hydrogen-bond donors (Lipinski definition) is 2. The van der Waals surface area contributed by atoms with Crippen LogP contribution in [-0.2, 0) is 6.18 Å². The first-order valence-electron chi connectivity index (χ1n) is 10.4. The van der Waals surface area contributed by atoms with Crippen molar-refractivity contribution in [2.24, 2.45) is 5.92 Å². The fourth-order valence-electron chi connectivity index (χ4n) is 3.80. The van der Waals surface area contributed by atoms with Crippen LogP contribution in [0, 0.1) is 12.8 Å². The van der Waals surface area contributed by atoms with Crippen LogP contribution >= 0.6 is 0 Å². The van der Waals surface area contributed by atoms with Crippen LogP contribution in [0.15, 0.2) is 30.5 Å². The summed E-state index contributed by atoms with van der Waals surface area (Å²) in [5.74, 6) is 1.50. The van der Waals surface area contributed by atoms with Gasteiger partial charge in [0.1, 0.15) is 5.82 Å². The topological polar surface area (TPSA) is 70.1 Å². The monoisotopic (exact) mass is 435 g/mol. The summed E-state index contributed by atoms with van der Waals surface area (Å²) in [5.41, 5.74) is 0.491. The van der Waals surface area contributed by atoms with Gasteiger partial charge in [0.2, 0.25) is 5.95 Å². The molecule has 168 valence electrons. The SMILES string of the molecule is Cc1cnc(NC2CCC(CNC(=O)c3ccc(C(F)(F)F)cc3)CC2)nc1N(C)C. The molecular formula is C22H28F3N5O. The highest BCUT2D eigenvalue weighted by Gasteiger charge is 2.30. The second kappa shape index (κ2) is 9.53. The van der Waals surface area contributed by atoms with Crippen LogP contribution in [-0.4, -0.2) is 42.6 Å². The first kappa shape index (κ1) is 22.8. The number of aryl methyl sites for hydroxylation is 1. The average molecular weight is 435 g/mol. The van der Waals surface area contributed by atoms with E-state index >= 15 is 0 Å². The third-order valence-corrected chi connectivity index (χ3v) is 5.57. The summed E-state index contributed by atoms with van der Waals surface area (Å²) in [5, 5.41) is 6.25. The number of carbonyl (C=O) groups is 1. The normalized spacial score (nSPS) is 19.0. The Morgan fingerprint density at radius 1 is 1.13 bits per heavy atom. The minimum Gasteiger partial charge on any atom is -0.362 e. The predicted octanol–water partition coefficient (Wildman–Crippen LogP) is 4.27. The molecule has 9 heteroatoms. The average Bonchev–Trinajstić information content (AvgIpc) is 2.73. The zero-order valence-electron chi connectivity index (χ0n) is 18.0. The van der Waals surface area contributed by atoms with E-state index in [-0.39, 0.29) is 17.5 Å². The number of amides is 1. The van der Waals surface area contributed by atoms with Crippen LogP contribution in [0.1, 0.15) is 47.2 Å². The molecule has 1 aromatic heterocycles. The fourth-order valence-corrected chi connectivity index (χ4v) is 3.80. The molecule has 1 aromatic carbocycles. The Kier molecular flexibility index (Phi) is 7.02. The molecule has 3 rings (SSSR count). The summed E-state index contributed by atoms with van der Waals surface area (Å²) in [6, 6.07) is 4.56. The molecule has 31 heavy (non-hydrogen) atoms. The first-order chi connectivity index (χ1) is 14.6. The number of rotatable bonds is 6. The summed E-state index contributed by atoms with van der Waals surface area (Å²) in [6.45, 7) is 2.49. The first-order valence-corrected chi connectivity index (χ1v) is 10.4. The second-order valence-corrected chi connectivity index (χ2v) is 8.24. The van der Waals surface area contributed by atoms with E-state index in [4.69, 9.17) is 0 Å². The highest BCUT2D eigenvalue weighted by Crippen LogP contribution is 2.29. The van der Waals surface area contributed by atoms with E-state index in [0.717, 1.165) is 49.2 Å². The largest absolute Gasteiger partial charge is 0.416 e. The quantitative estimate of drug-likeness (QED) is 0.709. The van der Waals surface area contributed by atoms with Crippen molar-refractivity contribution in [2.75, 3.05) is 30.9 Å². The lowest BCUT2D eigenvalue weighted by Crippen LogP contribution is -2.34. The molecule has 1 aliphatic carbocycles. The van der Waals surface area contributed by atoms with Gasteiger partial charge < -0.3 is 15.5 Å². The number of anilines is 2. The van der Waals surface area contributed by atoms with Gasteiger partial charge in [0.25, 0.3) is 5.91 Å². The minimum atomic E-state index is -4.40. The van der Waals surface area contributed by atoms with Crippen molar-refractivity contribution in [3.63, 3.8) is 0 Å². The minimum absolute atomic E-state index is 0.233. The molecule has 0 bridgehead atoms. The molecular weight excluding hydrogens is 407 g/mol. The number of alkyl halides is 3. The van der Waals surface area contributed by atoms with Crippen molar-refractivity contribution >= 4 is 17.7 Å². The zero-order chi connectivity index (χ0) is 22.6. The van der Waals surface area contributed by atoms with Gasteiger partial charge in [-0.2, -0.15) is 18.2 Å². The van der Waals surface area contributed by atoms with Crippen LogP contribution < -0.4 is 15.5 Å². The standard InChI is InChI=1S/C22H28F3N5O/c1-14-12-27-21(29-19(14)30(2)3)28-18-10-4-15(5-11-18)13-26-20(31)16-6-8-17(9-7-16)22(23,24)25/h6-9,12,15,18H,4-5,10-11,13H2,1-3H3,(H,26,31)(H,27,28,29). The van der Waals surface area contributed by atoms with Crippen LogP contribution in [0.4, 0.5) is 24.9 Å². The zero-order valence-corrected chi connectivity index (χ0v) is 18.0.